The van der Waals surface area contributed by atoms with Crippen LogP contribution >= 0.6 is 11.8 Å². The van der Waals surface area contributed by atoms with Crippen LogP contribution in [0.25, 0.3) is 0 Å². The Kier molecular flexibility index (Phi) is 4.49. The van der Waals surface area contributed by atoms with Gasteiger partial charge in [0, 0.05) is 26.2 Å². The normalized spacial score (nSPS) is 22.8. The van der Waals surface area contributed by atoms with E-state index >= 15 is 0 Å². The van der Waals surface area contributed by atoms with Crippen LogP contribution < -0.4 is 4.74 Å². The molecule has 0 saturated carbocycles. The van der Waals surface area contributed by atoms with Crippen LogP contribution in [0.1, 0.15) is 16.4 Å². The van der Waals surface area contributed by atoms with Gasteiger partial charge in [0.05, 0.1) is 13.2 Å². The van der Waals surface area contributed by atoms with Crippen LogP contribution in [-0.4, -0.2) is 76.1 Å². The third kappa shape index (κ3) is 3.05. The number of hydrogen-bond donors (Lipinski definition) is 0. The smallest absolute Gasteiger partial charge is 0.264 e. The molecule has 0 bridgehead atoms. The summed E-state index contributed by atoms with van der Waals surface area (Å²) in [6, 6.07) is 8.00. The minimum Gasteiger partial charge on any atom is -0.497 e. The first kappa shape index (κ1) is 16.6. The van der Waals surface area contributed by atoms with Crippen molar-refractivity contribution in [3.8, 4) is 5.75 Å². The minimum atomic E-state index is -0.244. The first-order chi connectivity index (χ1) is 12.2. The van der Waals surface area contributed by atoms with E-state index in [9.17, 15) is 4.79 Å². The molecule has 1 saturated heterocycles. The van der Waals surface area contributed by atoms with Crippen LogP contribution in [0, 0.1) is 0 Å². The number of likely N-dealkylation sites (N-methyl/N-ethyl adjacent to an activating group) is 1. The third-order valence-corrected chi connectivity index (χ3v) is 6.06. The molecule has 0 amide bonds. The van der Waals surface area contributed by atoms with Gasteiger partial charge < -0.3 is 9.64 Å². The molecule has 132 valence electrons. The average molecular weight is 359 g/mol. The van der Waals surface area contributed by atoms with Crippen LogP contribution in [0.15, 0.2) is 35.7 Å². The predicted octanol–water partition coefficient (Wildman–Crippen LogP) is 1.39. The lowest BCUT2D eigenvalue weighted by atomic mass is 9.99. The molecular weight excluding hydrogens is 338 g/mol. The molecule has 2 unspecified atom stereocenters. The number of hydrogen-bond acceptors (Lipinski definition) is 7. The first-order valence-corrected chi connectivity index (χ1v) is 9.23. The second-order valence-corrected chi connectivity index (χ2v) is 7.50. The number of fused-ring (bicyclic) bond motifs is 1. The summed E-state index contributed by atoms with van der Waals surface area (Å²) in [5, 5.41) is 4.51. The minimum absolute atomic E-state index is 0.00393. The van der Waals surface area contributed by atoms with Crippen molar-refractivity contribution < 1.29 is 9.53 Å². The van der Waals surface area contributed by atoms with E-state index in [1.807, 2.05) is 18.2 Å². The molecule has 0 N–H and O–H groups in total. The van der Waals surface area contributed by atoms with Gasteiger partial charge in [0.25, 0.3) is 5.91 Å². The van der Waals surface area contributed by atoms with Crippen molar-refractivity contribution in [1.29, 1.82) is 0 Å². The fourth-order valence-corrected chi connectivity index (χ4v) is 4.68. The number of aromatic nitrogens is 3. The van der Waals surface area contributed by atoms with E-state index in [-0.39, 0.29) is 17.2 Å². The molecule has 3 heterocycles. The first-order valence-electron chi connectivity index (χ1n) is 8.35. The maximum Gasteiger partial charge on any atom is 0.264 e. The Balaban J connectivity index is 1.69. The summed E-state index contributed by atoms with van der Waals surface area (Å²) in [6.45, 7) is 3.85. The SMILES string of the molecule is COc1cccc(C(C2Sc3ncnn3C2=O)N2CCN(C)CC2)c1. The fraction of sp³-hybridized carbons (Fsp3) is 0.471. The van der Waals surface area contributed by atoms with Crippen molar-refractivity contribution in [1.82, 2.24) is 24.6 Å². The highest BCUT2D eigenvalue weighted by molar-refractivity contribution is 8.00. The van der Waals surface area contributed by atoms with Crippen LogP contribution in [0.4, 0.5) is 0 Å². The lowest BCUT2D eigenvalue weighted by Crippen LogP contribution is -2.49. The van der Waals surface area contributed by atoms with Gasteiger partial charge in [-0.3, -0.25) is 9.69 Å². The van der Waals surface area contributed by atoms with Crippen LogP contribution in [0.3, 0.4) is 0 Å². The van der Waals surface area contributed by atoms with Crippen LogP contribution in [0.2, 0.25) is 0 Å². The molecule has 7 nitrogen and oxygen atoms in total. The molecule has 25 heavy (non-hydrogen) atoms. The Hall–Kier alpha value is -1.90. The van der Waals surface area contributed by atoms with Gasteiger partial charge in [0.1, 0.15) is 17.3 Å². The van der Waals surface area contributed by atoms with Crippen LogP contribution in [-0.2, 0) is 0 Å². The molecule has 4 rings (SSSR count). The highest BCUT2D eigenvalue weighted by atomic mass is 32.2. The van der Waals surface area contributed by atoms with E-state index in [1.54, 1.807) is 7.11 Å². The number of nitrogens with zero attached hydrogens (tertiary/aromatic N) is 5. The number of rotatable bonds is 4. The predicted molar refractivity (Wildman–Crippen MR) is 95.1 cm³/mol. The molecule has 1 fully saturated rings. The van der Waals surface area contributed by atoms with Gasteiger partial charge in [0.2, 0.25) is 0 Å². The molecule has 2 aliphatic rings. The lowest BCUT2D eigenvalue weighted by molar-refractivity contribution is 0.0766. The zero-order valence-electron chi connectivity index (χ0n) is 14.3. The molecule has 2 atom stereocenters. The van der Waals surface area contributed by atoms with Gasteiger partial charge in [-0.1, -0.05) is 23.9 Å². The van der Waals surface area contributed by atoms with Gasteiger partial charge in [-0.2, -0.15) is 9.78 Å². The quantitative estimate of drug-likeness (QED) is 0.817. The highest BCUT2D eigenvalue weighted by Crippen LogP contribution is 2.41. The van der Waals surface area contributed by atoms with Crippen molar-refractivity contribution in [2.45, 2.75) is 16.4 Å². The largest absolute Gasteiger partial charge is 0.497 e. The van der Waals surface area contributed by atoms with E-state index in [0.29, 0.717) is 5.16 Å². The second-order valence-electron chi connectivity index (χ2n) is 6.39. The van der Waals surface area contributed by atoms with Gasteiger partial charge in [-0.15, -0.1) is 0 Å². The maximum absolute atomic E-state index is 12.9. The van der Waals surface area contributed by atoms with E-state index in [1.165, 1.54) is 22.8 Å². The number of methoxy groups -OCH3 is 1. The molecule has 1 aromatic heterocycles. The van der Waals surface area contributed by atoms with E-state index in [4.69, 9.17) is 4.74 Å². The monoisotopic (exact) mass is 359 g/mol. The van der Waals surface area contributed by atoms with Crippen molar-refractivity contribution in [2.75, 3.05) is 40.3 Å². The lowest BCUT2D eigenvalue weighted by Gasteiger charge is -2.39. The molecule has 2 aliphatic heterocycles. The van der Waals surface area contributed by atoms with E-state index < -0.39 is 0 Å². The molecule has 0 aliphatic carbocycles. The van der Waals surface area contributed by atoms with Crippen LogP contribution in [0.5, 0.6) is 5.75 Å². The molecule has 0 spiro atoms. The number of benzene rings is 1. The molecule has 0 radical (unpaired) electrons. The summed E-state index contributed by atoms with van der Waals surface area (Å²) < 4.78 is 6.83. The summed E-state index contributed by atoms with van der Waals surface area (Å²) in [5.41, 5.74) is 1.10. The Morgan fingerprint density at radius 2 is 2.08 bits per heavy atom. The summed E-state index contributed by atoms with van der Waals surface area (Å²) in [6.07, 6.45) is 1.44. The summed E-state index contributed by atoms with van der Waals surface area (Å²) in [7, 11) is 3.80. The Morgan fingerprint density at radius 1 is 1.28 bits per heavy atom. The number of piperazine rings is 1. The summed E-state index contributed by atoms with van der Waals surface area (Å²) in [4.78, 5) is 21.8. The molecule has 1 aromatic carbocycles. The third-order valence-electron chi connectivity index (χ3n) is 4.85. The number of carbonyl (C=O) groups excluding carboxylic acids is 1. The van der Waals surface area contributed by atoms with Gasteiger partial charge in [-0.25, -0.2) is 4.98 Å². The highest BCUT2D eigenvalue weighted by Gasteiger charge is 2.42. The molecular formula is C17H21N5O2S. The summed E-state index contributed by atoms with van der Waals surface area (Å²) in [5.74, 6) is 0.812. The van der Waals surface area contributed by atoms with Gasteiger partial charge >= 0.3 is 0 Å². The maximum atomic E-state index is 12.9. The zero-order valence-corrected chi connectivity index (χ0v) is 15.1. The van der Waals surface area contributed by atoms with Gasteiger partial charge in [0.15, 0.2) is 5.16 Å². The average Bonchev–Trinajstić information content (AvgIpc) is 3.21. The van der Waals surface area contributed by atoms with E-state index in [2.05, 4.69) is 33.0 Å². The standard InChI is InChI=1S/C17H21N5O2S/c1-20-6-8-21(9-7-20)14(12-4-3-5-13(10-12)24-2)15-16(23)22-17(25-15)18-11-19-22/h3-5,10-11,14-15H,6-9H2,1-2H3. The number of ether oxygens (including phenoxy) is 1. The summed E-state index contributed by atoms with van der Waals surface area (Å²) >= 11 is 1.51. The van der Waals surface area contributed by atoms with Crippen molar-refractivity contribution >= 4 is 17.7 Å². The fourth-order valence-electron chi connectivity index (χ4n) is 3.45. The molecule has 8 heteroatoms. The van der Waals surface area contributed by atoms with E-state index in [0.717, 1.165) is 37.5 Å². The number of carbonyl (C=O) groups is 1. The van der Waals surface area contributed by atoms with Crippen molar-refractivity contribution in [3.63, 3.8) is 0 Å². The Morgan fingerprint density at radius 3 is 2.80 bits per heavy atom. The molecule has 2 aromatic rings. The van der Waals surface area contributed by atoms with Crippen molar-refractivity contribution in [3.05, 3.63) is 36.2 Å². The second kappa shape index (κ2) is 6.78. The topological polar surface area (TPSA) is 63.5 Å². The Labute approximate surface area is 151 Å². The Bertz CT molecular complexity index is 772. The van der Waals surface area contributed by atoms with Crippen molar-refractivity contribution in [2.24, 2.45) is 0 Å². The zero-order chi connectivity index (χ0) is 17.4. The van der Waals surface area contributed by atoms with Gasteiger partial charge in [-0.05, 0) is 24.7 Å². The number of thioether (sulfide) groups is 1.